The fourth-order valence-corrected chi connectivity index (χ4v) is 3.24. The number of halogens is 1. The van der Waals surface area contributed by atoms with Crippen LogP contribution in [0, 0.1) is 18.2 Å². The third-order valence-corrected chi connectivity index (χ3v) is 4.82. The van der Waals surface area contributed by atoms with Gasteiger partial charge in [0.2, 0.25) is 5.91 Å². The van der Waals surface area contributed by atoms with E-state index in [9.17, 15) is 14.0 Å². The Labute approximate surface area is 158 Å². The van der Waals surface area contributed by atoms with Gasteiger partial charge in [0.1, 0.15) is 11.5 Å². The maximum absolute atomic E-state index is 14.0. The number of carbonyl (C=O) groups excluding carboxylic acids is 2. The molecule has 2 amide bonds. The van der Waals surface area contributed by atoms with Gasteiger partial charge in [0.15, 0.2) is 0 Å². The zero-order valence-electron chi connectivity index (χ0n) is 16.2. The average molecular weight is 372 g/mol. The van der Waals surface area contributed by atoms with Crippen molar-refractivity contribution < 1.29 is 14.0 Å². The lowest BCUT2D eigenvalue weighted by molar-refractivity contribution is -0.140. The lowest BCUT2D eigenvalue weighted by Crippen LogP contribution is -2.53. The minimum Gasteiger partial charge on any atom is -0.339 e. The molecule has 6 nitrogen and oxygen atoms in total. The summed E-state index contributed by atoms with van der Waals surface area (Å²) < 4.78 is 15.5. The average Bonchev–Trinajstić information content (AvgIpc) is 3.01. The number of aromatic nitrogens is 2. The SMILES string of the molecule is Cc1c(C(=O)N2CCN(C(=O)C(C)(C)C)CC2)cnn1-c1ccccc1F. The van der Waals surface area contributed by atoms with Crippen LogP contribution in [-0.2, 0) is 4.79 Å². The summed E-state index contributed by atoms with van der Waals surface area (Å²) in [6, 6.07) is 6.33. The van der Waals surface area contributed by atoms with Gasteiger partial charge in [0.05, 0.1) is 17.5 Å². The molecule has 144 valence electrons. The molecule has 2 aromatic rings. The number of para-hydroxylation sites is 1. The Morgan fingerprint density at radius 3 is 2.22 bits per heavy atom. The summed E-state index contributed by atoms with van der Waals surface area (Å²) >= 11 is 0. The van der Waals surface area contributed by atoms with Gasteiger partial charge in [-0.25, -0.2) is 9.07 Å². The molecule has 1 aliphatic heterocycles. The smallest absolute Gasteiger partial charge is 0.257 e. The number of hydrogen-bond acceptors (Lipinski definition) is 3. The van der Waals surface area contributed by atoms with Gasteiger partial charge in [0, 0.05) is 31.6 Å². The van der Waals surface area contributed by atoms with Crippen molar-refractivity contribution in [2.75, 3.05) is 26.2 Å². The first-order valence-electron chi connectivity index (χ1n) is 9.08. The number of amides is 2. The van der Waals surface area contributed by atoms with Crippen LogP contribution < -0.4 is 0 Å². The van der Waals surface area contributed by atoms with Crippen molar-refractivity contribution in [3.8, 4) is 5.69 Å². The molecular formula is C20H25FN4O2. The van der Waals surface area contributed by atoms with Gasteiger partial charge in [0.25, 0.3) is 5.91 Å². The molecule has 1 fully saturated rings. The van der Waals surface area contributed by atoms with Crippen molar-refractivity contribution in [1.82, 2.24) is 19.6 Å². The first-order valence-corrected chi connectivity index (χ1v) is 9.08. The maximum Gasteiger partial charge on any atom is 0.257 e. The van der Waals surface area contributed by atoms with Crippen molar-refractivity contribution in [3.63, 3.8) is 0 Å². The first kappa shape index (κ1) is 19.1. The van der Waals surface area contributed by atoms with Crippen LogP contribution in [0.4, 0.5) is 4.39 Å². The molecule has 0 spiro atoms. The standard InChI is InChI=1S/C20H25FN4O2/c1-14-15(13-22-25(14)17-8-6-5-7-16(17)21)18(26)23-9-11-24(12-10-23)19(27)20(2,3)4/h5-8,13H,9-12H2,1-4H3. The summed E-state index contributed by atoms with van der Waals surface area (Å²) in [4.78, 5) is 28.8. The second kappa shape index (κ2) is 7.13. The molecule has 1 aliphatic rings. The summed E-state index contributed by atoms with van der Waals surface area (Å²) in [6.07, 6.45) is 1.48. The molecule has 0 N–H and O–H groups in total. The molecule has 0 bridgehead atoms. The van der Waals surface area contributed by atoms with Gasteiger partial charge in [-0.1, -0.05) is 32.9 Å². The van der Waals surface area contributed by atoms with E-state index in [1.165, 1.54) is 16.9 Å². The minimum absolute atomic E-state index is 0.0955. The van der Waals surface area contributed by atoms with Gasteiger partial charge < -0.3 is 9.80 Å². The molecule has 0 radical (unpaired) electrons. The van der Waals surface area contributed by atoms with E-state index >= 15 is 0 Å². The quantitative estimate of drug-likeness (QED) is 0.814. The zero-order chi connectivity index (χ0) is 19.8. The summed E-state index contributed by atoms with van der Waals surface area (Å²) in [5.41, 5.74) is 0.936. The van der Waals surface area contributed by atoms with Crippen LogP contribution in [0.5, 0.6) is 0 Å². The molecule has 7 heteroatoms. The highest BCUT2D eigenvalue weighted by Gasteiger charge is 2.31. The Balaban J connectivity index is 1.73. The molecule has 0 aliphatic carbocycles. The Hall–Kier alpha value is -2.70. The number of carbonyl (C=O) groups is 2. The Bertz CT molecular complexity index is 861. The summed E-state index contributed by atoms with van der Waals surface area (Å²) in [5.74, 6) is -0.437. The third kappa shape index (κ3) is 3.72. The molecule has 0 saturated carbocycles. The predicted molar refractivity (Wildman–Crippen MR) is 100 cm³/mol. The summed E-state index contributed by atoms with van der Waals surface area (Å²) in [6.45, 7) is 9.43. The van der Waals surface area contributed by atoms with Crippen molar-refractivity contribution >= 4 is 11.8 Å². The molecule has 1 aromatic heterocycles. The molecule has 2 heterocycles. The lowest BCUT2D eigenvalue weighted by atomic mass is 9.94. The van der Waals surface area contributed by atoms with Crippen LogP contribution in [0.3, 0.4) is 0 Å². The van der Waals surface area contributed by atoms with Crippen LogP contribution in [-0.4, -0.2) is 57.6 Å². The minimum atomic E-state index is -0.427. The molecule has 0 unspecified atom stereocenters. The van der Waals surface area contributed by atoms with Crippen molar-refractivity contribution in [3.05, 3.63) is 47.5 Å². The van der Waals surface area contributed by atoms with E-state index < -0.39 is 11.2 Å². The van der Waals surface area contributed by atoms with E-state index in [1.54, 1.807) is 34.9 Å². The second-order valence-corrected chi connectivity index (χ2v) is 7.84. The number of benzene rings is 1. The molecule has 1 saturated heterocycles. The monoisotopic (exact) mass is 372 g/mol. The Morgan fingerprint density at radius 2 is 1.63 bits per heavy atom. The normalized spacial score (nSPS) is 15.1. The van der Waals surface area contributed by atoms with Crippen molar-refractivity contribution in [2.45, 2.75) is 27.7 Å². The zero-order valence-corrected chi connectivity index (χ0v) is 16.2. The van der Waals surface area contributed by atoms with Gasteiger partial charge >= 0.3 is 0 Å². The van der Waals surface area contributed by atoms with Crippen molar-refractivity contribution in [2.24, 2.45) is 5.41 Å². The highest BCUT2D eigenvalue weighted by molar-refractivity contribution is 5.95. The van der Waals surface area contributed by atoms with Gasteiger partial charge in [-0.05, 0) is 19.1 Å². The van der Waals surface area contributed by atoms with Crippen LogP contribution in [0.1, 0.15) is 36.8 Å². The molecule has 1 aromatic carbocycles. The van der Waals surface area contributed by atoms with Crippen LogP contribution in [0.15, 0.2) is 30.5 Å². The Kier molecular flexibility index (Phi) is 5.04. The maximum atomic E-state index is 14.0. The fourth-order valence-electron chi connectivity index (χ4n) is 3.24. The van der Waals surface area contributed by atoms with E-state index in [0.29, 0.717) is 43.1 Å². The highest BCUT2D eigenvalue weighted by Crippen LogP contribution is 2.21. The summed E-state index contributed by atoms with van der Waals surface area (Å²) in [5, 5.41) is 4.20. The van der Waals surface area contributed by atoms with E-state index in [-0.39, 0.29) is 11.8 Å². The van der Waals surface area contributed by atoms with E-state index in [4.69, 9.17) is 0 Å². The molecule has 0 atom stereocenters. The molecular weight excluding hydrogens is 347 g/mol. The first-order chi connectivity index (χ1) is 12.7. The summed E-state index contributed by atoms with van der Waals surface area (Å²) in [7, 11) is 0. The van der Waals surface area contributed by atoms with E-state index in [0.717, 1.165) is 0 Å². The van der Waals surface area contributed by atoms with E-state index in [1.807, 2.05) is 20.8 Å². The number of nitrogens with zero attached hydrogens (tertiary/aromatic N) is 4. The highest BCUT2D eigenvalue weighted by atomic mass is 19.1. The number of piperazine rings is 1. The number of rotatable bonds is 2. The number of hydrogen-bond donors (Lipinski definition) is 0. The largest absolute Gasteiger partial charge is 0.339 e. The van der Waals surface area contributed by atoms with Gasteiger partial charge in [-0.15, -0.1) is 0 Å². The lowest BCUT2D eigenvalue weighted by Gasteiger charge is -2.37. The molecule has 27 heavy (non-hydrogen) atoms. The topological polar surface area (TPSA) is 58.4 Å². The molecule has 3 rings (SSSR count). The van der Waals surface area contributed by atoms with E-state index in [2.05, 4.69) is 5.10 Å². The third-order valence-electron chi connectivity index (χ3n) is 4.82. The van der Waals surface area contributed by atoms with Crippen LogP contribution in [0.2, 0.25) is 0 Å². The van der Waals surface area contributed by atoms with Crippen molar-refractivity contribution in [1.29, 1.82) is 0 Å². The van der Waals surface area contributed by atoms with Gasteiger partial charge in [-0.2, -0.15) is 5.10 Å². The van der Waals surface area contributed by atoms with Gasteiger partial charge in [-0.3, -0.25) is 9.59 Å². The second-order valence-electron chi connectivity index (χ2n) is 7.84. The van der Waals surface area contributed by atoms with Crippen LogP contribution >= 0.6 is 0 Å². The Morgan fingerprint density at radius 1 is 1.04 bits per heavy atom. The predicted octanol–water partition coefficient (Wildman–Crippen LogP) is 2.65. The van der Waals surface area contributed by atoms with Crippen LogP contribution in [0.25, 0.3) is 5.69 Å². The fraction of sp³-hybridized carbons (Fsp3) is 0.450.